The second-order valence-electron chi connectivity index (χ2n) is 6.12. The molecular formula is C21H17N5O2. The Hall–Kier alpha value is -4.00. The number of nitrogens with zero attached hydrogens (tertiary/aromatic N) is 3. The highest BCUT2D eigenvalue weighted by atomic mass is 16.5. The van der Waals surface area contributed by atoms with Gasteiger partial charge in [0.25, 0.3) is 0 Å². The summed E-state index contributed by atoms with van der Waals surface area (Å²) in [6.07, 6.45) is 10.0. The molecule has 4 rings (SSSR count). The number of carbonyl (C=O) groups is 1. The lowest BCUT2D eigenvalue weighted by molar-refractivity contribution is -0.113. The van der Waals surface area contributed by atoms with Crippen LogP contribution in [0.5, 0.6) is 5.88 Å². The van der Waals surface area contributed by atoms with Gasteiger partial charge in [0.15, 0.2) is 0 Å². The third-order valence-electron chi connectivity index (χ3n) is 4.31. The van der Waals surface area contributed by atoms with E-state index in [4.69, 9.17) is 10.5 Å². The van der Waals surface area contributed by atoms with Crippen molar-refractivity contribution in [3.05, 3.63) is 66.8 Å². The Labute approximate surface area is 160 Å². The predicted octanol–water partition coefficient (Wildman–Crippen LogP) is 3.19. The van der Waals surface area contributed by atoms with E-state index in [1.165, 1.54) is 6.08 Å². The molecule has 0 radical (unpaired) electrons. The maximum absolute atomic E-state index is 11.0. The van der Waals surface area contributed by atoms with Crippen molar-refractivity contribution < 1.29 is 9.53 Å². The number of aromatic nitrogens is 4. The fourth-order valence-electron chi connectivity index (χ4n) is 2.96. The van der Waals surface area contributed by atoms with Crippen LogP contribution in [-0.4, -0.2) is 33.0 Å². The second-order valence-corrected chi connectivity index (χ2v) is 6.12. The number of H-pyrrole nitrogens is 1. The highest BCUT2D eigenvalue weighted by Gasteiger charge is 2.11. The number of amides is 1. The summed E-state index contributed by atoms with van der Waals surface area (Å²) in [4.78, 5) is 27.2. The summed E-state index contributed by atoms with van der Waals surface area (Å²) in [5, 5.41) is 0.964. The number of rotatable bonds is 5. The van der Waals surface area contributed by atoms with Crippen molar-refractivity contribution >= 4 is 23.0 Å². The van der Waals surface area contributed by atoms with E-state index in [-0.39, 0.29) is 0 Å². The van der Waals surface area contributed by atoms with E-state index in [9.17, 15) is 4.79 Å². The summed E-state index contributed by atoms with van der Waals surface area (Å²) in [5.74, 6) is 0.0535. The average Bonchev–Trinajstić information content (AvgIpc) is 3.16. The van der Waals surface area contributed by atoms with Crippen molar-refractivity contribution in [3.8, 4) is 28.3 Å². The Morgan fingerprint density at radius 1 is 1.11 bits per heavy atom. The molecule has 4 aromatic heterocycles. The number of ether oxygens (including phenoxy) is 1. The molecule has 0 fully saturated rings. The molecule has 1 amide bonds. The third kappa shape index (κ3) is 3.45. The number of pyridine rings is 3. The zero-order chi connectivity index (χ0) is 19.5. The SMILES string of the molecule is COc1cc(-c2c[nH]c3ncc(-c4cc(/C=C/C(N)=O)ccn4)cc23)ccn1. The van der Waals surface area contributed by atoms with Crippen LogP contribution < -0.4 is 10.5 Å². The first-order chi connectivity index (χ1) is 13.6. The lowest BCUT2D eigenvalue weighted by Crippen LogP contribution is -2.05. The molecule has 0 atom stereocenters. The van der Waals surface area contributed by atoms with Gasteiger partial charge in [-0.05, 0) is 41.5 Å². The quantitative estimate of drug-likeness (QED) is 0.524. The first-order valence-corrected chi connectivity index (χ1v) is 8.55. The third-order valence-corrected chi connectivity index (χ3v) is 4.31. The number of methoxy groups -OCH3 is 1. The van der Waals surface area contributed by atoms with Crippen LogP contribution in [-0.2, 0) is 4.79 Å². The molecule has 4 heterocycles. The van der Waals surface area contributed by atoms with Crippen LogP contribution in [0.15, 0.2) is 61.2 Å². The Morgan fingerprint density at radius 2 is 1.96 bits per heavy atom. The smallest absolute Gasteiger partial charge is 0.241 e. The molecule has 0 aliphatic heterocycles. The lowest BCUT2D eigenvalue weighted by atomic mass is 10.0. The van der Waals surface area contributed by atoms with Crippen LogP contribution in [0.25, 0.3) is 39.5 Å². The lowest BCUT2D eigenvalue weighted by Gasteiger charge is -2.05. The molecule has 0 aromatic carbocycles. The molecule has 7 heteroatoms. The van der Waals surface area contributed by atoms with E-state index in [1.54, 1.807) is 37.8 Å². The number of aromatic amines is 1. The van der Waals surface area contributed by atoms with Gasteiger partial charge in [0, 0.05) is 53.4 Å². The Balaban J connectivity index is 1.78. The van der Waals surface area contributed by atoms with Crippen molar-refractivity contribution in [1.82, 2.24) is 19.9 Å². The van der Waals surface area contributed by atoms with Gasteiger partial charge in [-0.3, -0.25) is 9.78 Å². The van der Waals surface area contributed by atoms with Gasteiger partial charge < -0.3 is 15.5 Å². The Bertz CT molecular complexity index is 1200. The van der Waals surface area contributed by atoms with Crippen molar-refractivity contribution in [2.75, 3.05) is 7.11 Å². The van der Waals surface area contributed by atoms with Crippen LogP contribution in [0, 0.1) is 0 Å². The molecule has 0 bridgehead atoms. The summed E-state index contributed by atoms with van der Waals surface area (Å²) in [6, 6.07) is 9.52. The number of hydrogen-bond donors (Lipinski definition) is 2. The minimum atomic E-state index is -0.494. The summed E-state index contributed by atoms with van der Waals surface area (Å²) >= 11 is 0. The summed E-state index contributed by atoms with van der Waals surface area (Å²) in [5.41, 5.74) is 10.4. The van der Waals surface area contributed by atoms with Gasteiger partial charge in [0.1, 0.15) is 5.65 Å². The minimum Gasteiger partial charge on any atom is -0.481 e. The fourth-order valence-corrected chi connectivity index (χ4v) is 2.96. The van der Waals surface area contributed by atoms with Gasteiger partial charge in [0.05, 0.1) is 12.8 Å². The van der Waals surface area contributed by atoms with Crippen LogP contribution in [0.2, 0.25) is 0 Å². The molecule has 28 heavy (non-hydrogen) atoms. The van der Waals surface area contributed by atoms with E-state index in [0.29, 0.717) is 5.88 Å². The first kappa shape index (κ1) is 17.4. The molecule has 7 nitrogen and oxygen atoms in total. The second kappa shape index (κ2) is 7.32. The predicted molar refractivity (Wildman–Crippen MR) is 107 cm³/mol. The van der Waals surface area contributed by atoms with Crippen molar-refractivity contribution in [3.63, 3.8) is 0 Å². The van der Waals surface area contributed by atoms with E-state index >= 15 is 0 Å². The Kier molecular flexibility index (Phi) is 4.55. The standard InChI is InChI=1S/C21H17N5O2/c1-28-20-10-14(5-7-24-20)17-12-26-21-16(17)9-15(11-25-21)18-8-13(4-6-23-18)2-3-19(22)27/h2-12H,1H3,(H2,22,27)(H,25,26)/b3-2+. The number of nitrogens with two attached hydrogens (primary N) is 1. The van der Waals surface area contributed by atoms with Gasteiger partial charge in [-0.2, -0.15) is 0 Å². The summed E-state index contributed by atoms with van der Waals surface area (Å²) < 4.78 is 5.22. The molecule has 4 aromatic rings. The topological polar surface area (TPSA) is 107 Å². The number of fused-ring (bicyclic) bond motifs is 1. The molecule has 0 saturated heterocycles. The van der Waals surface area contributed by atoms with Crippen LogP contribution in [0.3, 0.4) is 0 Å². The molecule has 0 aliphatic rings. The van der Waals surface area contributed by atoms with Crippen molar-refractivity contribution in [2.45, 2.75) is 0 Å². The number of nitrogens with one attached hydrogen (secondary N) is 1. The molecule has 3 N–H and O–H groups in total. The number of carbonyl (C=O) groups excluding carboxylic acids is 1. The molecule has 0 unspecified atom stereocenters. The van der Waals surface area contributed by atoms with Crippen molar-refractivity contribution in [1.29, 1.82) is 0 Å². The molecule has 0 spiro atoms. The largest absolute Gasteiger partial charge is 0.481 e. The molecule has 0 aliphatic carbocycles. The minimum absolute atomic E-state index is 0.494. The van der Waals surface area contributed by atoms with Crippen molar-refractivity contribution in [2.24, 2.45) is 5.73 Å². The van der Waals surface area contributed by atoms with Gasteiger partial charge in [-0.15, -0.1) is 0 Å². The highest BCUT2D eigenvalue weighted by molar-refractivity contribution is 5.96. The maximum atomic E-state index is 11.0. The van der Waals surface area contributed by atoms with Crippen LogP contribution in [0.4, 0.5) is 0 Å². The first-order valence-electron chi connectivity index (χ1n) is 8.55. The average molecular weight is 371 g/mol. The van der Waals surface area contributed by atoms with E-state index < -0.39 is 5.91 Å². The summed E-state index contributed by atoms with van der Waals surface area (Å²) in [7, 11) is 1.59. The zero-order valence-corrected chi connectivity index (χ0v) is 15.1. The molecular weight excluding hydrogens is 354 g/mol. The molecule has 0 saturated carbocycles. The summed E-state index contributed by atoms with van der Waals surface area (Å²) in [6.45, 7) is 0. The van der Waals surface area contributed by atoms with E-state index in [1.807, 2.05) is 30.5 Å². The molecule has 138 valence electrons. The van der Waals surface area contributed by atoms with Gasteiger partial charge in [0.2, 0.25) is 11.8 Å². The van der Waals surface area contributed by atoms with Gasteiger partial charge in [-0.25, -0.2) is 9.97 Å². The normalized spacial score (nSPS) is 11.2. The van der Waals surface area contributed by atoms with Crippen LogP contribution in [0.1, 0.15) is 5.56 Å². The Morgan fingerprint density at radius 3 is 2.79 bits per heavy atom. The zero-order valence-electron chi connectivity index (χ0n) is 15.1. The highest BCUT2D eigenvalue weighted by Crippen LogP contribution is 2.31. The van der Waals surface area contributed by atoms with Gasteiger partial charge in [-0.1, -0.05) is 0 Å². The monoisotopic (exact) mass is 371 g/mol. The maximum Gasteiger partial charge on any atom is 0.241 e. The van der Waals surface area contributed by atoms with Gasteiger partial charge >= 0.3 is 0 Å². The number of primary amides is 1. The fraction of sp³-hybridized carbons (Fsp3) is 0.0476. The van der Waals surface area contributed by atoms with E-state index in [0.717, 1.165) is 39.0 Å². The number of hydrogen-bond acceptors (Lipinski definition) is 5. The van der Waals surface area contributed by atoms with E-state index in [2.05, 4.69) is 19.9 Å². The van der Waals surface area contributed by atoms with Crippen LogP contribution >= 0.6 is 0 Å².